The minimum Gasteiger partial charge on any atom is -0.493 e. The summed E-state index contributed by atoms with van der Waals surface area (Å²) in [5.74, 6) is 1.69. The van der Waals surface area contributed by atoms with Gasteiger partial charge < -0.3 is 24.7 Å². The van der Waals surface area contributed by atoms with E-state index >= 15 is 0 Å². The molecule has 0 aliphatic heterocycles. The number of carbonyl (C=O) groups excluding carboxylic acids is 2. The van der Waals surface area contributed by atoms with Crippen LogP contribution in [0.25, 0.3) is 6.08 Å². The zero-order chi connectivity index (χ0) is 25.9. The number of benzene rings is 2. The topological polar surface area (TPSA) is 107 Å². The van der Waals surface area contributed by atoms with Crippen LogP contribution in [-0.2, 0) is 22.7 Å². The highest BCUT2D eigenvalue weighted by Crippen LogP contribution is 2.28. The van der Waals surface area contributed by atoms with E-state index in [4.69, 9.17) is 9.47 Å². The van der Waals surface area contributed by atoms with Gasteiger partial charge in [-0.05, 0) is 43.2 Å². The van der Waals surface area contributed by atoms with Gasteiger partial charge in [-0.15, -0.1) is 10.2 Å². The van der Waals surface area contributed by atoms with E-state index in [1.165, 1.54) is 17.8 Å². The molecule has 0 radical (unpaired) electrons. The smallest absolute Gasteiger partial charge is 0.244 e. The molecular weight excluding hydrogens is 478 g/mol. The van der Waals surface area contributed by atoms with Crippen LogP contribution >= 0.6 is 11.8 Å². The van der Waals surface area contributed by atoms with E-state index in [0.717, 1.165) is 11.1 Å². The third-order valence-corrected chi connectivity index (χ3v) is 6.34. The molecule has 1 atom stereocenters. The van der Waals surface area contributed by atoms with E-state index in [1.807, 2.05) is 54.8 Å². The molecule has 2 aromatic carbocycles. The molecule has 190 valence electrons. The zero-order valence-electron chi connectivity index (χ0n) is 20.9. The Morgan fingerprint density at radius 3 is 2.53 bits per heavy atom. The first kappa shape index (κ1) is 26.8. The predicted molar refractivity (Wildman–Crippen MR) is 140 cm³/mol. The lowest BCUT2D eigenvalue weighted by atomic mass is 10.1. The molecule has 2 amide bonds. The molecule has 0 aliphatic rings. The molecule has 2 N–H and O–H groups in total. The van der Waals surface area contributed by atoms with Gasteiger partial charge in [0.15, 0.2) is 22.5 Å². The van der Waals surface area contributed by atoms with Crippen molar-refractivity contribution in [3.05, 3.63) is 71.6 Å². The van der Waals surface area contributed by atoms with Gasteiger partial charge >= 0.3 is 0 Å². The zero-order valence-corrected chi connectivity index (χ0v) is 21.7. The number of nitrogens with one attached hydrogen (secondary N) is 2. The van der Waals surface area contributed by atoms with Gasteiger partial charge in [0.05, 0.1) is 32.6 Å². The maximum atomic E-state index is 12.4. The Labute approximate surface area is 215 Å². The molecular formula is C26H31N5O4S. The van der Waals surface area contributed by atoms with Crippen LogP contribution in [0.5, 0.6) is 11.5 Å². The Balaban J connectivity index is 1.52. The summed E-state index contributed by atoms with van der Waals surface area (Å²) in [7, 11) is 3.13. The molecule has 1 aromatic heterocycles. The van der Waals surface area contributed by atoms with E-state index in [9.17, 15) is 9.59 Å². The summed E-state index contributed by atoms with van der Waals surface area (Å²) >= 11 is 1.31. The highest BCUT2D eigenvalue weighted by atomic mass is 32.2. The number of hydrogen-bond donors (Lipinski definition) is 2. The van der Waals surface area contributed by atoms with Crippen LogP contribution in [0.15, 0.2) is 59.8 Å². The largest absolute Gasteiger partial charge is 0.493 e. The second kappa shape index (κ2) is 13.3. The molecule has 0 fully saturated rings. The number of thioether (sulfide) groups is 1. The van der Waals surface area contributed by atoms with Crippen molar-refractivity contribution in [1.82, 2.24) is 25.4 Å². The number of hydrogen-bond acceptors (Lipinski definition) is 7. The number of rotatable bonds is 12. The molecule has 10 heteroatoms. The Morgan fingerprint density at radius 2 is 1.83 bits per heavy atom. The van der Waals surface area contributed by atoms with Crippen LogP contribution < -0.4 is 20.1 Å². The maximum Gasteiger partial charge on any atom is 0.244 e. The van der Waals surface area contributed by atoms with E-state index < -0.39 is 0 Å². The van der Waals surface area contributed by atoms with Crippen molar-refractivity contribution < 1.29 is 19.1 Å². The lowest BCUT2D eigenvalue weighted by Crippen LogP contribution is -2.28. The van der Waals surface area contributed by atoms with E-state index in [-0.39, 0.29) is 30.2 Å². The molecule has 0 unspecified atom stereocenters. The second-order valence-electron chi connectivity index (χ2n) is 7.80. The van der Waals surface area contributed by atoms with Gasteiger partial charge in [0.1, 0.15) is 0 Å². The summed E-state index contributed by atoms with van der Waals surface area (Å²) in [6.07, 6.45) is 3.14. The Morgan fingerprint density at radius 1 is 1.08 bits per heavy atom. The number of methoxy groups -OCH3 is 2. The quantitative estimate of drug-likeness (QED) is 0.284. The molecule has 0 saturated heterocycles. The van der Waals surface area contributed by atoms with Gasteiger partial charge in [-0.2, -0.15) is 0 Å². The monoisotopic (exact) mass is 509 g/mol. The molecule has 9 nitrogen and oxygen atoms in total. The minimum atomic E-state index is -0.265. The number of carbonyl (C=O) groups is 2. The first-order chi connectivity index (χ1) is 17.4. The van der Waals surface area contributed by atoms with Crippen molar-refractivity contribution in [2.24, 2.45) is 0 Å². The van der Waals surface area contributed by atoms with Gasteiger partial charge in [-0.25, -0.2) is 0 Å². The number of ether oxygens (including phenoxy) is 2. The van der Waals surface area contributed by atoms with Crippen LogP contribution in [0, 0.1) is 0 Å². The van der Waals surface area contributed by atoms with Crippen molar-refractivity contribution in [2.75, 3.05) is 20.0 Å². The average Bonchev–Trinajstić information content (AvgIpc) is 3.31. The molecule has 1 heterocycles. The van der Waals surface area contributed by atoms with Gasteiger partial charge in [0.2, 0.25) is 11.8 Å². The Hall–Kier alpha value is -3.79. The highest BCUT2D eigenvalue weighted by molar-refractivity contribution is 7.99. The molecule has 0 aliphatic carbocycles. The Bertz CT molecular complexity index is 1200. The normalized spacial score (nSPS) is 11.8. The minimum absolute atomic E-state index is 0.0822. The fraction of sp³-hybridized carbons (Fsp3) is 0.308. The van der Waals surface area contributed by atoms with Crippen LogP contribution in [0.4, 0.5) is 0 Å². The lowest BCUT2D eigenvalue weighted by Gasteiger charge is -2.14. The SMILES string of the molecule is CCn1c(CNC(=O)/C=C/c2ccc(OC)c(OC)c2)nnc1SCC(=O)N[C@H](C)c1ccccc1. The summed E-state index contributed by atoms with van der Waals surface area (Å²) in [6.45, 7) is 4.75. The first-order valence-corrected chi connectivity index (χ1v) is 12.5. The van der Waals surface area contributed by atoms with Crippen molar-refractivity contribution >= 4 is 29.7 Å². The second-order valence-corrected chi connectivity index (χ2v) is 8.74. The third kappa shape index (κ3) is 7.35. The molecule has 0 saturated carbocycles. The summed E-state index contributed by atoms with van der Waals surface area (Å²) in [6, 6.07) is 15.1. The van der Waals surface area contributed by atoms with Crippen molar-refractivity contribution in [3.63, 3.8) is 0 Å². The van der Waals surface area contributed by atoms with Crippen LogP contribution in [0.2, 0.25) is 0 Å². The molecule has 0 spiro atoms. The fourth-order valence-electron chi connectivity index (χ4n) is 3.47. The number of aromatic nitrogens is 3. The summed E-state index contributed by atoms with van der Waals surface area (Å²) in [5, 5.41) is 14.8. The van der Waals surface area contributed by atoms with E-state index in [1.54, 1.807) is 32.4 Å². The summed E-state index contributed by atoms with van der Waals surface area (Å²) < 4.78 is 12.4. The van der Waals surface area contributed by atoms with Crippen LogP contribution in [0.1, 0.15) is 36.8 Å². The lowest BCUT2D eigenvalue weighted by molar-refractivity contribution is -0.119. The highest BCUT2D eigenvalue weighted by Gasteiger charge is 2.15. The number of amides is 2. The first-order valence-electron chi connectivity index (χ1n) is 11.5. The van der Waals surface area contributed by atoms with Gasteiger partial charge in [-0.3, -0.25) is 9.59 Å². The fourth-order valence-corrected chi connectivity index (χ4v) is 4.30. The summed E-state index contributed by atoms with van der Waals surface area (Å²) in [5.41, 5.74) is 1.85. The standard InChI is InChI=1S/C26H31N5O4S/c1-5-31-23(16-27-24(32)14-12-19-11-13-21(34-3)22(15-19)35-4)29-30-26(31)36-17-25(33)28-18(2)20-9-7-6-8-10-20/h6-15,18H,5,16-17H2,1-4H3,(H,27,32)(H,28,33)/b14-12+/t18-/m1/s1. The number of nitrogens with zero attached hydrogens (tertiary/aromatic N) is 3. The van der Waals surface area contributed by atoms with Crippen molar-refractivity contribution in [1.29, 1.82) is 0 Å². The van der Waals surface area contributed by atoms with E-state index in [2.05, 4.69) is 20.8 Å². The van der Waals surface area contributed by atoms with Crippen LogP contribution in [0.3, 0.4) is 0 Å². The average molecular weight is 510 g/mol. The molecule has 36 heavy (non-hydrogen) atoms. The Kier molecular flexibility index (Phi) is 9.93. The molecule has 0 bridgehead atoms. The van der Waals surface area contributed by atoms with Gasteiger partial charge in [-0.1, -0.05) is 48.2 Å². The van der Waals surface area contributed by atoms with E-state index in [0.29, 0.717) is 29.0 Å². The molecule has 3 aromatic rings. The van der Waals surface area contributed by atoms with Crippen LogP contribution in [-0.4, -0.2) is 46.6 Å². The van der Waals surface area contributed by atoms with Gasteiger partial charge in [0, 0.05) is 12.6 Å². The summed E-state index contributed by atoms with van der Waals surface area (Å²) in [4.78, 5) is 24.8. The molecule has 3 rings (SSSR count). The van der Waals surface area contributed by atoms with Crippen molar-refractivity contribution in [3.8, 4) is 11.5 Å². The van der Waals surface area contributed by atoms with Crippen molar-refractivity contribution in [2.45, 2.75) is 38.1 Å². The van der Waals surface area contributed by atoms with Gasteiger partial charge in [0.25, 0.3) is 0 Å². The third-order valence-electron chi connectivity index (χ3n) is 5.37. The maximum absolute atomic E-state index is 12.4. The predicted octanol–water partition coefficient (Wildman–Crippen LogP) is 3.61.